The molecule has 0 aliphatic rings. The SMILES string of the molecule is CC(C)(c1ccccc1)P(=O)(OP(=O)(c1ccccc1)C(C)(C)c1ccccc1)c1ccccc1. The zero-order valence-electron chi connectivity index (χ0n) is 20.7. The van der Waals surface area contributed by atoms with Crippen LogP contribution in [0.4, 0.5) is 0 Å². The van der Waals surface area contributed by atoms with Gasteiger partial charge in [-0.05, 0) is 63.1 Å². The van der Waals surface area contributed by atoms with E-state index in [4.69, 9.17) is 4.31 Å². The third-order valence-corrected chi connectivity index (χ3v) is 14.1. The van der Waals surface area contributed by atoms with Gasteiger partial charge in [0.1, 0.15) is 0 Å². The minimum Gasteiger partial charge on any atom is -0.286 e. The predicted molar refractivity (Wildman–Crippen MR) is 147 cm³/mol. The van der Waals surface area contributed by atoms with Crippen LogP contribution >= 0.6 is 14.7 Å². The van der Waals surface area contributed by atoms with Gasteiger partial charge in [-0.2, -0.15) is 0 Å². The lowest BCUT2D eigenvalue weighted by atomic mass is 10.0. The molecular weight excluding hydrogens is 470 g/mol. The van der Waals surface area contributed by atoms with E-state index in [1.807, 2.05) is 149 Å². The third-order valence-electron chi connectivity index (χ3n) is 6.85. The van der Waals surface area contributed by atoms with Gasteiger partial charge in [-0.15, -0.1) is 0 Å². The van der Waals surface area contributed by atoms with E-state index in [0.29, 0.717) is 10.6 Å². The van der Waals surface area contributed by atoms with E-state index in [0.717, 1.165) is 11.1 Å². The summed E-state index contributed by atoms with van der Waals surface area (Å²) in [5, 5.41) is -0.776. The van der Waals surface area contributed by atoms with Gasteiger partial charge in [-0.25, -0.2) is 0 Å². The highest BCUT2D eigenvalue weighted by atomic mass is 31.2. The molecule has 0 saturated carbocycles. The molecule has 0 bridgehead atoms. The molecule has 2 unspecified atom stereocenters. The van der Waals surface area contributed by atoms with Crippen LogP contribution in [0.25, 0.3) is 0 Å². The Morgan fingerprint density at radius 3 is 1.00 bits per heavy atom. The first-order valence-electron chi connectivity index (χ1n) is 11.8. The van der Waals surface area contributed by atoms with Crippen LogP contribution in [0.2, 0.25) is 0 Å². The molecule has 0 aliphatic carbocycles. The first kappa shape index (κ1) is 25.4. The second-order valence-electron chi connectivity index (χ2n) is 9.71. The second-order valence-corrected chi connectivity index (χ2v) is 15.8. The summed E-state index contributed by atoms with van der Waals surface area (Å²) in [5.74, 6) is 0. The van der Waals surface area contributed by atoms with Crippen molar-refractivity contribution in [1.82, 2.24) is 0 Å². The lowest BCUT2D eigenvalue weighted by Gasteiger charge is -2.42. The number of hydrogen-bond acceptors (Lipinski definition) is 3. The lowest BCUT2D eigenvalue weighted by molar-refractivity contribution is 0.425. The van der Waals surface area contributed by atoms with Crippen molar-refractivity contribution in [3.63, 3.8) is 0 Å². The molecule has 35 heavy (non-hydrogen) atoms. The van der Waals surface area contributed by atoms with Crippen LogP contribution < -0.4 is 10.6 Å². The van der Waals surface area contributed by atoms with Gasteiger partial charge in [0, 0.05) is 10.6 Å². The Morgan fingerprint density at radius 1 is 0.457 bits per heavy atom. The maximum atomic E-state index is 15.3. The average Bonchev–Trinajstić information content (AvgIpc) is 2.90. The Labute approximate surface area is 209 Å². The highest BCUT2D eigenvalue weighted by Crippen LogP contribution is 2.76. The molecular formula is C30H32O3P2. The fraction of sp³-hybridized carbons (Fsp3) is 0.200. The van der Waals surface area contributed by atoms with E-state index < -0.39 is 25.0 Å². The topological polar surface area (TPSA) is 43.4 Å². The first-order chi connectivity index (χ1) is 16.6. The second kappa shape index (κ2) is 9.75. The Bertz CT molecular complexity index is 1240. The average molecular weight is 503 g/mol. The molecule has 4 rings (SSSR count). The largest absolute Gasteiger partial charge is 0.286 e. The van der Waals surface area contributed by atoms with Crippen molar-refractivity contribution in [2.24, 2.45) is 0 Å². The third kappa shape index (κ3) is 4.50. The molecule has 3 nitrogen and oxygen atoms in total. The molecule has 4 aromatic carbocycles. The van der Waals surface area contributed by atoms with Crippen molar-refractivity contribution in [2.45, 2.75) is 38.0 Å². The highest BCUT2D eigenvalue weighted by molar-refractivity contribution is 7.80. The van der Waals surface area contributed by atoms with Crippen molar-refractivity contribution in [1.29, 1.82) is 0 Å². The van der Waals surface area contributed by atoms with Crippen molar-refractivity contribution in [3.8, 4) is 0 Å². The van der Waals surface area contributed by atoms with Gasteiger partial charge in [-0.3, -0.25) is 13.4 Å². The first-order valence-corrected chi connectivity index (χ1v) is 15.0. The molecule has 0 spiro atoms. The van der Waals surface area contributed by atoms with Gasteiger partial charge in [0.2, 0.25) is 14.7 Å². The van der Waals surface area contributed by atoms with Crippen molar-refractivity contribution >= 4 is 25.3 Å². The lowest BCUT2D eigenvalue weighted by Crippen LogP contribution is -2.31. The molecule has 0 N–H and O–H groups in total. The number of hydrogen-bond donors (Lipinski definition) is 0. The Morgan fingerprint density at radius 2 is 0.714 bits per heavy atom. The molecule has 180 valence electrons. The monoisotopic (exact) mass is 502 g/mol. The fourth-order valence-corrected chi connectivity index (χ4v) is 11.5. The van der Waals surface area contributed by atoms with Crippen LogP contribution in [0.1, 0.15) is 38.8 Å². The molecule has 2 atom stereocenters. The number of benzene rings is 4. The fourth-order valence-electron chi connectivity index (χ4n) is 4.39. The van der Waals surface area contributed by atoms with Gasteiger partial charge in [0.25, 0.3) is 0 Å². The van der Waals surface area contributed by atoms with E-state index in [1.165, 1.54) is 0 Å². The van der Waals surface area contributed by atoms with E-state index in [2.05, 4.69) is 0 Å². The predicted octanol–water partition coefficient (Wildman–Crippen LogP) is 8.08. The zero-order valence-corrected chi connectivity index (χ0v) is 22.5. The van der Waals surface area contributed by atoms with E-state index in [9.17, 15) is 0 Å². The number of rotatable bonds is 8. The molecule has 0 aliphatic heterocycles. The minimum absolute atomic E-state index is 0.550. The van der Waals surface area contributed by atoms with Gasteiger partial charge in [0.05, 0.1) is 10.3 Å². The molecule has 0 saturated heterocycles. The van der Waals surface area contributed by atoms with Crippen LogP contribution in [-0.2, 0) is 23.8 Å². The van der Waals surface area contributed by atoms with Crippen molar-refractivity contribution in [2.75, 3.05) is 0 Å². The Hall–Kier alpha value is -2.70. The Kier molecular flexibility index (Phi) is 7.07. The standard InChI is InChI=1S/C30H32O3P2/c1-29(2,25-17-9-5-10-18-25)34(31,27-21-13-7-14-22-27)33-35(32,28-23-15-8-16-24-28)30(3,4)26-19-11-6-12-20-26/h5-24H,1-4H3. The minimum atomic E-state index is -3.76. The summed E-state index contributed by atoms with van der Waals surface area (Å²) in [5.41, 5.74) is 1.73. The molecule has 0 fully saturated rings. The van der Waals surface area contributed by atoms with Gasteiger partial charge >= 0.3 is 0 Å². The summed E-state index contributed by atoms with van der Waals surface area (Å²) in [6.07, 6.45) is 0. The molecule has 4 aromatic rings. The van der Waals surface area contributed by atoms with Crippen LogP contribution in [0.3, 0.4) is 0 Å². The zero-order chi connectivity index (χ0) is 25.2. The summed E-state index contributed by atoms with van der Waals surface area (Å²) < 4.78 is 37.4. The quantitative estimate of drug-likeness (QED) is 0.229. The molecule has 0 radical (unpaired) electrons. The summed E-state index contributed by atoms with van der Waals surface area (Å²) in [6, 6.07) is 37.8. The van der Waals surface area contributed by atoms with Crippen LogP contribution in [0, 0.1) is 0 Å². The van der Waals surface area contributed by atoms with Crippen molar-refractivity contribution in [3.05, 3.63) is 132 Å². The maximum absolute atomic E-state index is 15.3. The summed E-state index contributed by atoms with van der Waals surface area (Å²) in [6.45, 7) is 7.67. The normalized spacial score (nSPS) is 15.7. The van der Waals surface area contributed by atoms with Crippen LogP contribution in [-0.4, -0.2) is 0 Å². The van der Waals surface area contributed by atoms with Crippen LogP contribution in [0.5, 0.6) is 0 Å². The van der Waals surface area contributed by atoms with Gasteiger partial charge in [0.15, 0.2) is 0 Å². The van der Waals surface area contributed by atoms with E-state index >= 15 is 9.13 Å². The summed E-state index contributed by atoms with van der Waals surface area (Å²) >= 11 is 0. The van der Waals surface area contributed by atoms with Crippen molar-refractivity contribution < 1.29 is 13.4 Å². The molecule has 0 aromatic heterocycles. The van der Waals surface area contributed by atoms with Crippen LogP contribution in [0.15, 0.2) is 121 Å². The van der Waals surface area contributed by atoms with E-state index in [-0.39, 0.29) is 0 Å². The highest BCUT2D eigenvalue weighted by Gasteiger charge is 2.54. The van der Waals surface area contributed by atoms with Gasteiger partial charge in [-0.1, -0.05) is 97.1 Å². The summed E-state index contributed by atoms with van der Waals surface area (Å²) in [7, 11) is -7.53. The molecule has 0 amide bonds. The smallest absolute Gasteiger partial charge is 0.247 e. The summed E-state index contributed by atoms with van der Waals surface area (Å²) in [4.78, 5) is 0. The maximum Gasteiger partial charge on any atom is 0.247 e. The molecule has 0 heterocycles. The van der Waals surface area contributed by atoms with Gasteiger partial charge < -0.3 is 0 Å². The molecule has 5 heteroatoms. The van der Waals surface area contributed by atoms with E-state index in [1.54, 1.807) is 0 Å². The Balaban J connectivity index is 1.98.